The van der Waals surface area contributed by atoms with E-state index in [1.54, 1.807) is 24.3 Å². The summed E-state index contributed by atoms with van der Waals surface area (Å²) < 4.78 is 7.85. The zero-order valence-electron chi connectivity index (χ0n) is 14.9. The molecule has 1 aromatic carbocycles. The zero-order valence-corrected chi connectivity index (χ0v) is 16.5. The molecule has 1 aromatic heterocycles. The summed E-state index contributed by atoms with van der Waals surface area (Å²) in [6, 6.07) is 7.05. The minimum Gasteiger partial charge on any atom is -0.376 e. The summed E-state index contributed by atoms with van der Waals surface area (Å²) in [4.78, 5) is 12.2. The highest BCUT2D eigenvalue weighted by atomic mass is 35.5. The van der Waals surface area contributed by atoms with Crippen LogP contribution in [0.1, 0.15) is 38.4 Å². The molecule has 140 valence electrons. The normalized spacial score (nSPS) is 17.0. The predicted octanol–water partition coefficient (Wildman–Crippen LogP) is 3.96. The van der Waals surface area contributed by atoms with Crippen LogP contribution in [0.4, 0.5) is 5.69 Å². The van der Waals surface area contributed by atoms with E-state index >= 15 is 0 Å². The highest BCUT2D eigenvalue weighted by molar-refractivity contribution is 7.99. The van der Waals surface area contributed by atoms with E-state index < -0.39 is 0 Å². The van der Waals surface area contributed by atoms with Gasteiger partial charge in [-0.3, -0.25) is 4.79 Å². The minimum atomic E-state index is -0.0879. The number of anilines is 1. The van der Waals surface area contributed by atoms with Crippen LogP contribution in [0.15, 0.2) is 29.4 Å². The largest absolute Gasteiger partial charge is 0.376 e. The van der Waals surface area contributed by atoms with E-state index in [1.807, 2.05) is 0 Å². The molecule has 1 saturated heterocycles. The first-order chi connectivity index (χ1) is 12.5. The van der Waals surface area contributed by atoms with Crippen molar-refractivity contribution in [1.82, 2.24) is 14.8 Å². The first-order valence-corrected chi connectivity index (χ1v) is 10.1. The molecular formula is C18H23ClN4O2S. The zero-order chi connectivity index (χ0) is 18.5. The first kappa shape index (κ1) is 19.2. The Hall–Kier alpha value is -1.57. The van der Waals surface area contributed by atoms with Crippen molar-refractivity contribution in [1.29, 1.82) is 0 Å². The molecule has 3 rings (SSSR count). The predicted molar refractivity (Wildman–Crippen MR) is 104 cm³/mol. The van der Waals surface area contributed by atoms with Crippen molar-refractivity contribution < 1.29 is 9.53 Å². The van der Waals surface area contributed by atoms with Crippen LogP contribution >= 0.6 is 23.4 Å². The Morgan fingerprint density at radius 1 is 1.38 bits per heavy atom. The van der Waals surface area contributed by atoms with Crippen molar-refractivity contribution in [2.45, 2.75) is 50.4 Å². The fraction of sp³-hybridized carbons (Fsp3) is 0.500. The quantitative estimate of drug-likeness (QED) is 0.719. The van der Waals surface area contributed by atoms with Crippen molar-refractivity contribution in [3.8, 4) is 0 Å². The lowest BCUT2D eigenvalue weighted by Gasteiger charge is -2.15. The number of halogens is 1. The number of thioether (sulfide) groups is 1. The van der Waals surface area contributed by atoms with Gasteiger partial charge in [0.2, 0.25) is 5.91 Å². The van der Waals surface area contributed by atoms with E-state index in [9.17, 15) is 4.79 Å². The van der Waals surface area contributed by atoms with E-state index in [2.05, 4.69) is 33.9 Å². The van der Waals surface area contributed by atoms with Crippen molar-refractivity contribution in [2.75, 3.05) is 17.7 Å². The third kappa shape index (κ3) is 4.99. The molecule has 1 unspecified atom stereocenters. The molecule has 0 radical (unpaired) electrons. The highest BCUT2D eigenvalue weighted by Crippen LogP contribution is 2.24. The Balaban J connectivity index is 1.62. The van der Waals surface area contributed by atoms with Gasteiger partial charge in [0.15, 0.2) is 5.16 Å². The second kappa shape index (κ2) is 8.88. The van der Waals surface area contributed by atoms with Gasteiger partial charge >= 0.3 is 0 Å². The van der Waals surface area contributed by atoms with Gasteiger partial charge < -0.3 is 14.6 Å². The topological polar surface area (TPSA) is 69.0 Å². The molecule has 26 heavy (non-hydrogen) atoms. The Kier molecular flexibility index (Phi) is 6.56. The van der Waals surface area contributed by atoms with Crippen molar-refractivity contribution >= 4 is 35.0 Å². The molecule has 2 heterocycles. The monoisotopic (exact) mass is 394 g/mol. The second-order valence-electron chi connectivity index (χ2n) is 6.58. The van der Waals surface area contributed by atoms with E-state index in [4.69, 9.17) is 16.3 Å². The Morgan fingerprint density at radius 2 is 2.15 bits per heavy atom. The molecule has 0 saturated carbocycles. The summed E-state index contributed by atoms with van der Waals surface area (Å²) in [5.74, 6) is 1.38. The molecule has 1 N–H and O–H groups in total. The number of hydrogen-bond acceptors (Lipinski definition) is 5. The van der Waals surface area contributed by atoms with E-state index in [-0.39, 0.29) is 23.7 Å². The summed E-state index contributed by atoms with van der Waals surface area (Å²) in [6.45, 7) is 5.74. The molecule has 1 atom stereocenters. The van der Waals surface area contributed by atoms with Gasteiger partial charge in [0.1, 0.15) is 5.82 Å². The molecule has 0 aliphatic carbocycles. The van der Waals surface area contributed by atoms with Gasteiger partial charge in [-0.05, 0) is 37.1 Å². The molecule has 1 fully saturated rings. The lowest BCUT2D eigenvalue weighted by molar-refractivity contribution is -0.113. The van der Waals surface area contributed by atoms with Gasteiger partial charge in [-0.1, -0.05) is 37.2 Å². The maximum atomic E-state index is 12.2. The fourth-order valence-electron chi connectivity index (χ4n) is 2.86. The summed E-state index contributed by atoms with van der Waals surface area (Å²) >= 11 is 7.25. The first-order valence-electron chi connectivity index (χ1n) is 8.76. The molecule has 1 aliphatic rings. The summed E-state index contributed by atoms with van der Waals surface area (Å²) in [6.07, 6.45) is 2.35. The number of carbonyl (C=O) groups is 1. The number of hydrogen-bond donors (Lipinski definition) is 1. The maximum Gasteiger partial charge on any atom is 0.234 e. The Labute approximate surface area is 162 Å². The van der Waals surface area contributed by atoms with Crippen molar-refractivity contribution in [3.63, 3.8) is 0 Å². The van der Waals surface area contributed by atoms with Crippen molar-refractivity contribution in [3.05, 3.63) is 35.1 Å². The summed E-state index contributed by atoms with van der Waals surface area (Å²) in [7, 11) is 0. The Morgan fingerprint density at radius 3 is 2.81 bits per heavy atom. The van der Waals surface area contributed by atoms with Gasteiger partial charge in [-0.15, -0.1) is 10.2 Å². The SMILES string of the molecule is CC(C)c1nnc(SCC(=O)Nc2ccc(Cl)cc2)n1CC1CCCO1. The molecule has 1 aliphatic heterocycles. The molecule has 0 spiro atoms. The minimum absolute atomic E-state index is 0.0879. The molecule has 6 nitrogen and oxygen atoms in total. The standard InChI is InChI=1S/C18H23ClN4O2S/c1-12(2)17-21-22-18(23(17)10-15-4-3-9-25-15)26-11-16(24)20-14-7-5-13(19)6-8-14/h5-8,12,15H,3-4,9-11H2,1-2H3,(H,20,24). The highest BCUT2D eigenvalue weighted by Gasteiger charge is 2.22. The second-order valence-corrected chi connectivity index (χ2v) is 7.96. The van der Waals surface area contributed by atoms with Crippen molar-refractivity contribution in [2.24, 2.45) is 0 Å². The number of amides is 1. The third-order valence-electron chi connectivity index (χ3n) is 4.13. The number of carbonyl (C=O) groups excluding carboxylic acids is 1. The lowest BCUT2D eigenvalue weighted by Crippen LogP contribution is -2.19. The Bertz CT molecular complexity index is 742. The van der Waals surface area contributed by atoms with Gasteiger partial charge in [-0.2, -0.15) is 0 Å². The van der Waals surface area contributed by atoms with Crippen LogP contribution in [0.3, 0.4) is 0 Å². The van der Waals surface area contributed by atoms with E-state index in [1.165, 1.54) is 11.8 Å². The molecule has 2 aromatic rings. The smallest absolute Gasteiger partial charge is 0.234 e. The number of benzene rings is 1. The average Bonchev–Trinajstić information content (AvgIpc) is 3.25. The lowest BCUT2D eigenvalue weighted by atomic mass is 10.2. The number of rotatable bonds is 7. The summed E-state index contributed by atoms with van der Waals surface area (Å²) in [5.41, 5.74) is 0.726. The molecule has 0 bridgehead atoms. The molecule has 8 heteroatoms. The van der Waals surface area contributed by atoms with Crippen LogP contribution in [-0.2, 0) is 16.1 Å². The van der Waals surface area contributed by atoms with Crippen LogP contribution in [0.5, 0.6) is 0 Å². The number of nitrogens with zero attached hydrogens (tertiary/aromatic N) is 3. The van der Waals surface area contributed by atoms with Gasteiger partial charge in [-0.25, -0.2) is 0 Å². The van der Waals surface area contributed by atoms with E-state index in [0.717, 1.165) is 42.7 Å². The van der Waals surface area contributed by atoms with Crippen LogP contribution in [-0.4, -0.2) is 39.1 Å². The van der Waals surface area contributed by atoms with Gasteiger partial charge in [0.05, 0.1) is 18.4 Å². The number of nitrogens with one attached hydrogen (secondary N) is 1. The van der Waals surface area contributed by atoms with Gasteiger partial charge in [0, 0.05) is 23.2 Å². The van der Waals surface area contributed by atoms with Gasteiger partial charge in [0.25, 0.3) is 0 Å². The maximum absolute atomic E-state index is 12.2. The summed E-state index contributed by atoms with van der Waals surface area (Å²) in [5, 5.41) is 12.9. The van der Waals surface area contributed by atoms with Crippen LogP contribution in [0.25, 0.3) is 0 Å². The van der Waals surface area contributed by atoms with Crippen LogP contribution in [0, 0.1) is 0 Å². The van der Waals surface area contributed by atoms with Crippen LogP contribution in [0.2, 0.25) is 5.02 Å². The third-order valence-corrected chi connectivity index (χ3v) is 5.35. The molecule has 1 amide bonds. The fourth-order valence-corrected chi connectivity index (χ4v) is 3.74. The van der Waals surface area contributed by atoms with E-state index in [0.29, 0.717) is 5.02 Å². The average molecular weight is 395 g/mol. The number of aromatic nitrogens is 3. The number of ether oxygens (including phenoxy) is 1. The van der Waals surface area contributed by atoms with Crippen LogP contribution < -0.4 is 5.32 Å². The molecular weight excluding hydrogens is 372 g/mol.